The van der Waals surface area contributed by atoms with Gasteiger partial charge in [0.05, 0.1) is 25.3 Å². The standard InChI is InChI=1S/C20H24N4O3/c1-13-4-6-14(7-5-13)18-21-10-15(20(26)23-18)19(25)22-16-11-27-12-17(16)24-8-2-3-9-24/h4-7,10,16-17H,2-3,8-9,11-12H2,1H3,(H,22,25)(H,21,23,26)/t16-,17-/m1/s1. The van der Waals surface area contributed by atoms with Gasteiger partial charge in [-0.05, 0) is 32.9 Å². The molecule has 2 aliphatic rings. The number of carbonyl (C=O) groups is 1. The van der Waals surface area contributed by atoms with Crippen molar-refractivity contribution in [1.82, 2.24) is 20.2 Å². The summed E-state index contributed by atoms with van der Waals surface area (Å²) in [6.07, 6.45) is 3.71. The van der Waals surface area contributed by atoms with E-state index >= 15 is 0 Å². The Morgan fingerprint density at radius 3 is 2.67 bits per heavy atom. The van der Waals surface area contributed by atoms with Crippen LogP contribution in [-0.2, 0) is 4.74 Å². The molecule has 2 aromatic rings. The van der Waals surface area contributed by atoms with E-state index in [0.29, 0.717) is 19.0 Å². The Balaban J connectivity index is 1.48. The average molecular weight is 368 g/mol. The number of ether oxygens (including phenoxy) is 1. The van der Waals surface area contributed by atoms with Gasteiger partial charge in [0.1, 0.15) is 11.4 Å². The van der Waals surface area contributed by atoms with Gasteiger partial charge in [-0.25, -0.2) is 4.98 Å². The van der Waals surface area contributed by atoms with Gasteiger partial charge in [-0.1, -0.05) is 29.8 Å². The van der Waals surface area contributed by atoms with E-state index in [1.54, 1.807) is 0 Å². The molecule has 0 saturated carbocycles. The van der Waals surface area contributed by atoms with Crippen LogP contribution in [0.3, 0.4) is 0 Å². The first-order chi connectivity index (χ1) is 13.1. The maximum atomic E-state index is 12.6. The van der Waals surface area contributed by atoms with Gasteiger partial charge >= 0.3 is 0 Å². The molecule has 2 N–H and O–H groups in total. The van der Waals surface area contributed by atoms with Crippen molar-refractivity contribution in [2.75, 3.05) is 26.3 Å². The summed E-state index contributed by atoms with van der Waals surface area (Å²) in [5.74, 6) is 0.0506. The molecule has 27 heavy (non-hydrogen) atoms. The normalized spacial score (nSPS) is 22.9. The first-order valence-electron chi connectivity index (χ1n) is 9.41. The van der Waals surface area contributed by atoms with E-state index in [9.17, 15) is 9.59 Å². The predicted octanol–water partition coefficient (Wildman–Crippen LogP) is 1.34. The molecule has 1 aromatic carbocycles. The maximum absolute atomic E-state index is 12.6. The van der Waals surface area contributed by atoms with Crippen LogP contribution in [0.1, 0.15) is 28.8 Å². The van der Waals surface area contributed by atoms with E-state index in [1.807, 2.05) is 31.2 Å². The second kappa shape index (κ2) is 7.62. The van der Waals surface area contributed by atoms with Crippen molar-refractivity contribution in [3.63, 3.8) is 0 Å². The van der Waals surface area contributed by atoms with Crippen molar-refractivity contribution in [1.29, 1.82) is 0 Å². The molecule has 2 aliphatic heterocycles. The van der Waals surface area contributed by atoms with E-state index < -0.39 is 11.5 Å². The number of hydrogen-bond acceptors (Lipinski definition) is 5. The first-order valence-corrected chi connectivity index (χ1v) is 9.41. The number of H-pyrrole nitrogens is 1. The Morgan fingerprint density at radius 2 is 1.96 bits per heavy atom. The van der Waals surface area contributed by atoms with Crippen LogP contribution in [0.4, 0.5) is 0 Å². The number of aryl methyl sites for hydroxylation is 1. The Morgan fingerprint density at radius 1 is 1.22 bits per heavy atom. The number of carbonyl (C=O) groups excluding carboxylic acids is 1. The molecule has 0 spiro atoms. The molecule has 2 saturated heterocycles. The minimum absolute atomic E-state index is 0.0259. The Hall–Kier alpha value is -2.51. The Labute approximate surface area is 157 Å². The Bertz CT molecular complexity index is 872. The molecule has 2 fully saturated rings. The highest BCUT2D eigenvalue weighted by molar-refractivity contribution is 5.93. The van der Waals surface area contributed by atoms with Crippen LogP contribution in [0.15, 0.2) is 35.3 Å². The van der Waals surface area contributed by atoms with E-state index in [0.717, 1.165) is 24.2 Å². The van der Waals surface area contributed by atoms with Gasteiger partial charge < -0.3 is 15.0 Å². The summed E-state index contributed by atoms with van der Waals surface area (Å²) in [6.45, 7) is 5.16. The number of benzene rings is 1. The summed E-state index contributed by atoms with van der Waals surface area (Å²) in [5.41, 5.74) is 1.53. The lowest BCUT2D eigenvalue weighted by Gasteiger charge is -2.27. The third-order valence-corrected chi connectivity index (χ3v) is 5.35. The summed E-state index contributed by atoms with van der Waals surface area (Å²) in [6, 6.07) is 7.76. The van der Waals surface area contributed by atoms with Crippen LogP contribution >= 0.6 is 0 Å². The SMILES string of the molecule is Cc1ccc(-c2ncc(C(=O)N[C@@H]3COC[C@H]3N3CCCC3)c(=O)[nH]2)cc1. The molecule has 3 heterocycles. The molecule has 7 nitrogen and oxygen atoms in total. The summed E-state index contributed by atoms with van der Waals surface area (Å²) in [5, 5.41) is 2.96. The highest BCUT2D eigenvalue weighted by Gasteiger charge is 2.35. The molecular formula is C20H24N4O3. The van der Waals surface area contributed by atoms with Crippen molar-refractivity contribution in [2.24, 2.45) is 0 Å². The van der Waals surface area contributed by atoms with E-state index in [-0.39, 0.29) is 17.6 Å². The minimum atomic E-state index is -0.435. The van der Waals surface area contributed by atoms with Gasteiger partial charge in [0, 0.05) is 11.8 Å². The van der Waals surface area contributed by atoms with Crippen LogP contribution in [0, 0.1) is 6.92 Å². The predicted molar refractivity (Wildman–Crippen MR) is 102 cm³/mol. The lowest BCUT2D eigenvalue weighted by Crippen LogP contribution is -2.50. The highest BCUT2D eigenvalue weighted by atomic mass is 16.5. The van der Waals surface area contributed by atoms with Gasteiger partial charge in [-0.15, -0.1) is 0 Å². The third-order valence-electron chi connectivity index (χ3n) is 5.35. The lowest BCUT2D eigenvalue weighted by molar-refractivity contribution is 0.0914. The third kappa shape index (κ3) is 3.79. The lowest BCUT2D eigenvalue weighted by atomic mass is 10.1. The van der Waals surface area contributed by atoms with Crippen molar-refractivity contribution in [2.45, 2.75) is 31.8 Å². The molecule has 0 bridgehead atoms. The van der Waals surface area contributed by atoms with E-state index in [2.05, 4.69) is 20.2 Å². The number of nitrogens with one attached hydrogen (secondary N) is 2. The average Bonchev–Trinajstić information content (AvgIpc) is 3.33. The summed E-state index contributed by atoms with van der Waals surface area (Å²) >= 11 is 0. The Kier molecular flexibility index (Phi) is 5.05. The summed E-state index contributed by atoms with van der Waals surface area (Å²) < 4.78 is 5.58. The molecule has 1 amide bonds. The van der Waals surface area contributed by atoms with Crippen LogP contribution < -0.4 is 10.9 Å². The van der Waals surface area contributed by atoms with Crippen molar-refractivity contribution in [3.8, 4) is 11.4 Å². The van der Waals surface area contributed by atoms with Gasteiger partial charge in [-0.2, -0.15) is 0 Å². The van der Waals surface area contributed by atoms with Crippen molar-refractivity contribution >= 4 is 5.91 Å². The molecule has 4 rings (SSSR count). The zero-order valence-corrected chi connectivity index (χ0v) is 15.4. The van der Waals surface area contributed by atoms with Gasteiger partial charge in [0.15, 0.2) is 0 Å². The number of aromatic amines is 1. The van der Waals surface area contributed by atoms with Gasteiger partial charge in [0.2, 0.25) is 0 Å². The maximum Gasteiger partial charge on any atom is 0.264 e. The zero-order valence-electron chi connectivity index (χ0n) is 15.4. The zero-order chi connectivity index (χ0) is 18.8. The first kappa shape index (κ1) is 17.9. The number of hydrogen-bond donors (Lipinski definition) is 2. The van der Waals surface area contributed by atoms with E-state index in [4.69, 9.17) is 4.74 Å². The minimum Gasteiger partial charge on any atom is -0.378 e. The van der Waals surface area contributed by atoms with Crippen LogP contribution in [0.5, 0.6) is 0 Å². The van der Waals surface area contributed by atoms with E-state index in [1.165, 1.54) is 19.0 Å². The number of likely N-dealkylation sites (tertiary alicyclic amines) is 1. The summed E-state index contributed by atoms with van der Waals surface area (Å²) in [4.78, 5) is 34.4. The molecule has 142 valence electrons. The fourth-order valence-electron chi connectivity index (χ4n) is 3.77. The molecule has 0 aliphatic carbocycles. The fraction of sp³-hybridized carbons (Fsp3) is 0.450. The second-order valence-corrected chi connectivity index (χ2v) is 7.27. The number of aromatic nitrogens is 2. The number of amides is 1. The van der Waals surface area contributed by atoms with Crippen LogP contribution in [0.25, 0.3) is 11.4 Å². The van der Waals surface area contributed by atoms with Gasteiger partial charge in [-0.3, -0.25) is 14.5 Å². The molecule has 1 aromatic heterocycles. The quantitative estimate of drug-likeness (QED) is 0.850. The van der Waals surface area contributed by atoms with Gasteiger partial charge in [0.25, 0.3) is 11.5 Å². The number of rotatable bonds is 4. The second-order valence-electron chi connectivity index (χ2n) is 7.27. The molecular weight excluding hydrogens is 344 g/mol. The highest BCUT2D eigenvalue weighted by Crippen LogP contribution is 2.19. The fourth-order valence-corrected chi connectivity index (χ4v) is 3.77. The molecule has 0 unspecified atom stereocenters. The van der Waals surface area contributed by atoms with Crippen molar-refractivity contribution < 1.29 is 9.53 Å². The molecule has 0 radical (unpaired) electrons. The number of nitrogens with zero attached hydrogens (tertiary/aromatic N) is 2. The van der Waals surface area contributed by atoms with Crippen LogP contribution in [0.2, 0.25) is 0 Å². The molecule has 7 heteroatoms. The topological polar surface area (TPSA) is 87.3 Å². The summed E-state index contributed by atoms with van der Waals surface area (Å²) in [7, 11) is 0. The largest absolute Gasteiger partial charge is 0.378 e. The van der Waals surface area contributed by atoms with Crippen LogP contribution in [-0.4, -0.2) is 59.2 Å². The monoisotopic (exact) mass is 368 g/mol. The smallest absolute Gasteiger partial charge is 0.264 e. The van der Waals surface area contributed by atoms with Crippen molar-refractivity contribution in [3.05, 3.63) is 51.9 Å². The molecule has 2 atom stereocenters.